The van der Waals surface area contributed by atoms with Crippen molar-refractivity contribution in [3.63, 3.8) is 0 Å². The second-order valence-electron chi connectivity index (χ2n) is 14.5. The average molecular weight is 847 g/mol. The highest BCUT2D eigenvalue weighted by atomic mass is 79.9. The molecule has 10 nitrogen and oxygen atoms in total. The number of benzene rings is 4. The molecule has 0 aliphatic rings. The van der Waals surface area contributed by atoms with Crippen molar-refractivity contribution in [1.29, 1.82) is 0 Å². The van der Waals surface area contributed by atoms with Crippen molar-refractivity contribution in [1.82, 2.24) is 23.6 Å². The Morgan fingerprint density at radius 2 is 1.64 bits per heavy atom. The molecule has 4 aromatic carbocycles. The quantitative estimate of drug-likeness (QED) is 0.0744. The Bertz CT molecular complexity index is 2540. The summed E-state index contributed by atoms with van der Waals surface area (Å²) in [5.41, 5.74) is 0.344. The van der Waals surface area contributed by atoms with E-state index in [1.165, 1.54) is 47.3 Å². The van der Waals surface area contributed by atoms with E-state index in [1.54, 1.807) is 25.2 Å². The molecule has 0 fully saturated rings. The highest BCUT2D eigenvalue weighted by molar-refractivity contribution is 9.10. The predicted octanol–water partition coefficient (Wildman–Crippen LogP) is 9.16. The Labute approximate surface area is 333 Å². The third-order valence-corrected chi connectivity index (χ3v) is 12.4. The normalized spacial score (nSPS) is 13.4. The number of allylic oxidation sites excluding steroid dienone is 1. The molecule has 0 aliphatic heterocycles. The smallest absolute Gasteiger partial charge is 0.293 e. The van der Waals surface area contributed by atoms with E-state index in [0.717, 1.165) is 26.5 Å². The summed E-state index contributed by atoms with van der Waals surface area (Å²) >= 11 is 3.60. The first kappa shape index (κ1) is 40.5. The molecule has 292 valence electrons. The molecule has 1 atom stereocenters. The minimum Gasteiger partial charge on any atom is -0.463 e. The van der Waals surface area contributed by atoms with E-state index in [9.17, 15) is 13.2 Å². The van der Waals surface area contributed by atoms with Gasteiger partial charge >= 0.3 is 0 Å². The van der Waals surface area contributed by atoms with Gasteiger partial charge in [-0.1, -0.05) is 58.4 Å². The van der Waals surface area contributed by atoms with Crippen LogP contribution >= 0.6 is 15.9 Å². The number of hydrogen-bond acceptors (Lipinski definition) is 8. The van der Waals surface area contributed by atoms with E-state index in [-0.39, 0.29) is 56.3 Å². The first-order valence-corrected chi connectivity index (χ1v) is 20.0. The Balaban J connectivity index is 1.38. The Morgan fingerprint density at radius 1 is 0.911 bits per heavy atom. The zero-order valence-corrected chi connectivity index (χ0v) is 34.2. The third-order valence-electron chi connectivity index (χ3n) is 10.2. The van der Waals surface area contributed by atoms with Crippen molar-refractivity contribution < 1.29 is 31.5 Å². The predicted molar refractivity (Wildman–Crippen MR) is 215 cm³/mol. The fraction of sp³-hybridized carbons (Fsp3) is 0.262. The van der Waals surface area contributed by atoms with Gasteiger partial charge in [-0.15, -0.1) is 0 Å². The molecule has 2 heterocycles. The fourth-order valence-electron chi connectivity index (χ4n) is 6.31. The maximum atomic E-state index is 16.1. The van der Waals surface area contributed by atoms with Crippen LogP contribution in [0.5, 0.6) is 11.5 Å². The number of aromatic nitrogens is 4. The number of rotatable bonds is 15. The van der Waals surface area contributed by atoms with E-state index in [0.29, 0.717) is 12.2 Å². The van der Waals surface area contributed by atoms with Gasteiger partial charge in [0.25, 0.3) is 16.5 Å². The van der Waals surface area contributed by atoms with Crippen LogP contribution in [0.2, 0.25) is 0 Å². The van der Waals surface area contributed by atoms with Crippen LogP contribution in [-0.2, 0) is 38.6 Å². The molecule has 56 heavy (non-hydrogen) atoms. The van der Waals surface area contributed by atoms with Crippen molar-refractivity contribution in [3.05, 3.63) is 136 Å². The topological polar surface area (TPSA) is 109 Å². The summed E-state index contributed by atoms with van der Waals surface area (Å²) in [7, 11) is 1.67. The number of carbonyl (C=O) groups excluding carboxylic acids is 1. The summed E-state index contributed by atoms with van der Waals surface area (Å²) in [4.78, 5) is 18.4. The molecule has 0 spiro atoms. The zero-order chi connectivity index (χ0) is 40.4. The summed E-state index contributed by atoms with van der Waals surface area (Å²) in [6, 6.07) is 22.1. The van der Waals surface area contributed by atoms with Gasteiger partial charge in [-0.3, -0.25) is 4.79 Å². The maximum absolute atomic E-state index is 16.1. The Kier molecular flexibility index (Phi) is 11.7. The molecule has 2 aromatic heterocycles. The lowest BCUT2D eigenvalue weighted by atomic mass is 9.78. The SMILES string of the molecule is CN(C)C(C)(C)C/C=C\CC(C)(c1cccc(Br)c1)c1nc(-c2cc(Oc3c(F)cc4c(ccn4S(=O)(=O)c4ccccc4)c3COC=O)ccc2F)n(C)n1. The number of ether oxygens (including phenoxy) is 2. The molecule has 0 aliphatic carbocycles. The zero-order valence-electron chi connectivity index (χ0n) is 31.8. The van der Waals surface area contributed by atoms with E-state index < -0.39 is 33.7 Å². The van der Waals surface area contributed by atoms with Crippen molar-refractivity contribution >= 4 is 43.3 Å². The highest BCUT2D eigenvalue weighted by Crippen LogP contribution is 2.40. The monoisotopic (exact) mass is 845 g/mol. The first-order chi connectivity index (χ1) is 26.6. The second kappa shape index (κ2) is 16.1. The number of aryl methyl sites for hydroxylation is 1. The molecule has 0 bridgehead atoms. The van der Waals surface area contributed by atoms with E-state index in [2.05, 4.69) is 46.8 Å². The van der Waals surface area contributed by atoms with Crippen LogP contribution in [0.15, 0.2) is 113 Å². The van der Waals surface area contributed by atoms with Gasteiger partial charge < -0.3 is 14.4 Å². The molecule has 1 unspecified atom stereocenters. The van der Waals surface area contributed by atoms with Gasteiger partial charge in [0.2, 0.25) is 0 Å². The summed E-state index contributed by atoms with van der Waals surface area (Å²) in [6.45, 7) is 6.16. The van der Waals surface area contributed by atoms with Gasteiger partial charge in [0.15, 0.2) is 23.2 Å². The number of hydrogen-bond donors (Lipinski definition) is 0. The van der Waals surface area contributed by atoms with Crippen LogP contribution in [0.4, 0.5) is 8.78 Å². The maximum Gasteiger partial charge on any atom is 0.293 e. The van der Waals surface area contributed by atoms with E-state index in [4.69, 9.17) is 19.6 Å². The number of nitrogens with zero attached hydrogens (tertiary/aromatic N) is 5. The highest BCUT2D eigenvalue weighted by Gasteiger charge is 2.34. The van der Waals surface area contributed by atoms with Crippen molar-refractivity contribution in [2.45, 2.75) is 56.1 Å². The summed E-state index contributed by atoms with van der Waals surface area (Å²) < 4.78 is 73.3. The lowest BCUT2D eigenvalue weighted by Gasteiger charge is -2.31. The van der Waals surface area contributed by atoms with E-state index >= 15 is 8.78 Å². The van der Waals surface area contributed by atoms with Gasteiger partial charge in [0.1, 0.15) is 18.2 Å². The number of fused-ring (bicyclic) bond motifs is 1. The van der Waals surface area contributed by atoms with Gasteiger partial charge in [-0.25, -0.2) is 30.8 Å². The molecule has 0 N–H and O–H groups in total. The molecular weight excluding hydrogens is 804 g/mol. The molecule has 14 heteroatoms. The number of carbonyl (C=O) groups is 1. The minimum atomic E-state index is -4.10. The van der Waals surface area contributed by atoms with Crippen LogP contribution in [0.3, 0.4) is 0 Å². The molecular formula is C42H42BrF2N5O5S. The van der Waals surface area contributed by atoms with Crippen molar-refractivity contribution in [2.24, 2.45) is 7.05 Å². The fourth-order valence-corrected chi connectivity index (χ4v) is 8.07. The standard InChI is InChI=1S/C42H42BrF2N5O5S/c1-41(2,48(4)5)20-10-11-21-42(3,28-13-12-14-29(43)23-28)40-46-39(49(6)47-40)33-24-30(17-18-35(33)44)55-38-34(26-54-27-51)32-19-22-50(37(32)25-36(38)45)56(52,53)31-15-8-7-9-16-31/h7-19,22-25,27H,20-21,26H2,1-6H3/b11-10-. The van der Waals surface area contributed by atoms with Gasteiger partial charge in [0.05, 0.1) is 21.4 Å². The lowest BCUT2D eigenvalue weighted by Crippen LogP contribution is -2.37. The van der Waals surface area contributed by atoms with Crippen LogP contribution in [0, 0.1) is 11.6 Å². The van der Waals surface area contributed by atoms with Crippen LogP contribution in [0.1, 0.15) is 50.6 Å². The molecule has 6 aromatic rings. The lowest BCUT2D eigenvalue weighted by molar-refractivity contribution is -0.129. The molecule has 0 amide bonds. The van der Waals surface area contributed by atoms with Gasteiger partial charge in [-0.05, 0) is 102 Å². The molecule has 0 saturated carbocycles. The summed E-state index contributed by atoms with van der Waals surface area (Å²) in [6.07, 6.45) is 6.96. The second-order valence-corrected chi connectivity index (χ2v) is 17.2. The van der Waals surface area contributed by atoms with E-state index in [1.807, 2.05) is 45.3 Å². The summed E-state index contributed by atoms with van der Waals surface area (Å²) in [5.74, 6) is -1.13. The first-order valence-electron chi connectivity index (χ1n) is 17.7. The van der Waals surface area contributed by atoms with Gasteiger partial charge in [-0.2, -0.15) is 5.10 Å². The Hall–Kier alpha value is -5.18. The molecule has 0 radical (unpaired) electrons. The minimum absolute atomic E-state index is 0.00663. The Morgan fingerprint density at radius 3 is 2.34 bits per heavy atom. The molecule has 6 rings (SSSR count). The van der Waals surface area contributed by atoms with Crippen LogP contribution < -0.4 is 4.74 Å². The van der Waals surface area contributed by atoms with Crippen molar-refractivity contribution in [2.75, 3.05) is 14.1 Å². The number of halogens is 3. The average Bonchev–Trinajstić information content (AvgIpc) is 3.78. The van der Waals surface area contributed by atoms with Crippen LogP contribution in [-0.4, -0.2) is 58.2 Å². The summed E-state index contributed by atoms with van der Waals surface area (Å²) in [5, 5.41) is 5.07. The third kappa shape index (κ3) is 8.04. The largest absolute Gasteiger partial charge is 0.463 e. The van der Waals surface area contributed by atoms with Gasteiger partial charge in [0, 0.05) is 40.3 Å². The van der Waals surface area contributed by atoms with Crippen molar-refractivity contribution in [3.8, 4) is 22.9 Å². The molecule has 0 saturated heterocycles. The van der Waals surface area contributed by atoms with Crippen LogP contribution in [0.25, 0.3) is 22.3 Å².